The molecule has 26 heavy (non-hydrogen) atoms. The van der Waals surface area contributed by atoms with Crippen LogP contribution in [-0.2, 0) is 4.79 Å². The number of hydrogen-bond acceptors (Lipinski definition) is 3. The highest BCUT2D eigenvalue weighted by atomic mass is 16.5. The average molecular weight is 342 g/mol. The molecule has 0 aliphatic rings. The summed E-state index contributed by atoms with van der Waals surface area (Å²) in [6, 6.07) is 20.5. The van der Waals surface area contributed by atoms with Crippen LogP contribution < -0.4 is 10.1 Å². The summed E-state index contributed by atoms with van der Waals surface area (Å²) in [5.74, 6) is 6.49. The normalized spacial score (nSPS) is 9.73. The summed E-state index contributed by atoms with van der Waals surface area (Å²) in [7, 11) is 0. The Morgan fingerprint density at radius 3 is 2.73 bits per heavy atom. The van der Waals surface area contributed by atoms with Gasteiger partial charge in [0.05, 0.1) is 0 Å². The average Bonchev–Trinajstić information content (AvgIpc) is 2.66. The molecule has 1 N–H and O–H groups in total. The molecule has 0 unspecified atom stereocenters. The van der Waals surface area contributed by atoms with Gasteiger partial charge in [-0.05, 0) is 60.9 Å². The second-order valence-corrected chi connectivity index (χ2v) is 5.70. The van der Waals surface area contributed by atoms with Gasteiger partial charge in [-0.2, -0.15) is 0 Å². The quantitative estimate of drug-likeness (QED) is 0.734. The van der Waals surface area contributed by atoms with Gasteiger partial charge in [0.25, 0.3) is 5.91 Å². The number of carbonyl (C=O) groups is 1. The molecule has 0 fully saturated rings. The largest absolute Gasteiger partial charge is 0.484 e. The highest BCUT2D eigenvalue weighted by Gasteiger charge is 2.04. The van der Waals surface area contributed by atoms with Crippen molar-refractivity contribution in [2.45, 2.75) is 6.92 Å². The van der Waals surface area contributed by atoms with Gasteiger partial charge in [0, 0.05) is 17.4 Å². The predicted molar refractivity (Wildman–Crippen MR) is 102 cm³/mol. The van der Waals surface area contributed by atoms with Gasteiger partial charge >= 0.3 is 0 Å². The fourth-order valence-electron chi connectivity index (χ4n) is 2.30. The molecule has 0 bridgehead atoms. The number of nitrogens with one attached hydrogen (secondary N) is 1. The maximum atomic E-state index is 12.1. The Morgan fingerprint density at radius 2 is 1.92 bits per heavy atom. The van der Waals surface area contributed by atoms with Crippen LogP contribution in [0.1, 0.15) is 16.8 Å². The summed E-state index contributed by atoms with van der Waals surface area (Å²) in [6.07, 6.45) is 1.70. The molecule has 0 saturated carbocycles. The topological polar surface area (TPSA) is 51.2 Å². The van der Waals surface area contributed by atoms with Gasteiger partial charge < -0.3 is 10.1 Å². The molecule has 3 rings (SSSR count). The minimum Gasteiger partial charge on any atom is -0.484 e. The second-order valence-electron chi connectivity index (χ2n) is 5.70. The molecule has 4 nitrogen and oxygen atoms in total. The summed E-state index contributed by atoms with van der Waals surface area (Å²) in [5, 5.41) is 2.82. The number of rotatable bonds is 4. The van der Waals surface area contributed by atoms with Crippen molar-refractivity contribution in [3.63, 3.8) is 0 Å². The van der Waals surface area contributed by atoms with Crippen molar-refractivity contribution in [3.8, 4) is 17.6 Å². The Kier molecular flexibility index (Phi) is 5.64. The Balaban J connectivity index is 1.60. The van der Waals surface area contributed by atoms with Crippen LogP contribution in [0.25, 0.3) is 0 Å². The third-order valence-corrected chi connectivity index (χ3v) is 3.51. The van der Waals surface area contributed by atoms with E-state index in [-0.39, 0.29) is 12.5 Å². The van der Waals surface area contributed by atoms with Gasteiger partial charge in [-0.3, -0.25) is 4.79 Å². The monoisotopic (exact) mass is 342 g/mol. The number of aryl methyl sites for hydroxylation is 1. The zero-order chi connectivity index (χ0) is 18.2. The molecule has 1 aromatic heterocycles. The molecule has 1 amide bonds. The van der Waals surface area contributed by atoms with Crippen LogP contribution in [0.15, 0.2) is 72.9 Å². The maximum Gasteiger partial charge on any atom is 0.262 e. The van der Waals surface area contributed by atoms with E-state index in [1.807, 2.05) is 73.7 Å². The number of amides is 1. The first-order valence-corrected chi connectivity index (χ1v) is 8.21. The Bertz CT molecular complexity index is 956. The molecule has 2 aromatic carbocycles. The smallest absolute Gasteiger partial charge is 0.262 e. The number of carbonyl (C=O) groups excluding carboxylic acids is 1. The van der Waals surface area contributed by atoms with E-state index in [1.54, 1.807) is 6.20 Å². The number of nitrogens with zero attached hydrogens (tertiary/aromatic N) is 1. The first-order chi connectivity index (χ1) is 12.7. The van der Waals surface area contributed by atoms with Crippen LogP contribution in [0.4, 0.5) is 5.69 Å². The van der Waals surface area contributed by atoms with Crippen molar-refractivity contribution in [1.29, 1.82) is 0 Å². The maximum absolute atomic E-state index is 12.1. The molecule has 4 heteroatoms. The lowest BCUT2D eigenvalue weighted by Gasteiger charge is -2.08. The SMILES string of the molecule is Cc1cccc(OCC(=O)Nc2cccc(C#Cc3ccccn3)c2)c1. The summed E-state index contributed by atoms with van der Waals surface area (Å²) < 4.78 is 5.51. The number of hydrogen-bond donors (Lipinski definition) is 1. The van der Waals surface area contributed by atoms with E-state index in [0.717, 1.165) is 11.1 Å². The minimum atomic E-state index is -0.221. The van der Waals surface area contributed by atoms with Crippen LogP contribution in [0.5, 0.6) is 5.75 Å². The van der Waals surface area contributed by atoms with Crippen LogP contribution >= 0.6 is 0 Å². The zero-order valence-electron chi connectivity index (χ0n) is 14.4. The van der Waals surface area contributed by atoms with E-state index in [9.17, 15) is 4.79 Å². The van der Waals surface area contributed by atoms with E-state index in [2.05, 4.69) is 22.1 Å². The van der Waals surface area contributed by atoms with Crippen molar-refractivity contribution in [3.05, 3.63) is 89.7 Å². The minimum absolute atomic E-state index is 0.0483. The lowest BCUT2D eigenvalue weighted by Crippen LogP contribution is -2.20. The van der Waals surface area contributed by atoms with Crippen molar-refractivity contribution >= 4 is 11.6 Å². The zero-order valence-corrected chi connectivity index (χ0v) is 14.4. The van der Waals surface area contributed by atoms with E-state index < -0.39 is 0 Å². The van der Waals surface area contributed by atoms with Crippen LogP contribution in [0.2, 0.25) is 0 Å². The summed E-state index contributed by atoms with van der Waals surface area (Å²) >= 11 is 0. The molecule has 1 heterocycles. The number of ether oxygens (including phenoxy) is 1. The van der Waals surface area contributed by atoms with Crippen molar-refractivity contribution < 1.29 is 9.53 Å². The first-order valence-electron chi connectivity index (χ1n) is 8.21. The van der Waals surface area contributed by atoms with Crippen LogP contribution in [-0.4, -0.2) is 17.5 Å². The summed E-state index contributed by atoms with van der Waals surface area (Å²) in [5.41, 5.74) is 3.26. The molecule has 0 spiro atoms. The standard InChI is InChI=1S/C22H18N2O2/c1-17-6-4-10-21(14-17)26-16-22(25)24-20-9-5-7-18(15-20)11-12-19-8-2-3-13-23-19/h2-10,13-15H,16H2,1H3,(H,24,25). The predicted octanol–water partition coefficient (Wildman–Crippen LogP) is 3.81. The highest BCUT2D eigenvalue weighted by molar-refractivity contribution is 5.92. The third kappa shape index (κ3) is 5.22. The van der Waals surface area contributed by atoms with Gasteiger partial charge in [-0.25, -0.2) is 4.98 Å². The number of aromatic nitrogens is 1. The molecule has 3 aromatic rings. The first kappa shape index (κ1) is 17.2. The van der Waals surface area contributed by atoms with E-state index in [4.69, 9.17) is 4.74 Å². The molecule has 0 saturated heterocycles. The van der Waals surface area contributed by atoms with E-state index >= 15 is 0 Å². The molecule has 128 valence electrons. The van der Waals surface area contributed by atoms with E-state index in [1.165, 1.54) is 0 Å². The lowest BCUT2D eigenvalue weighted by molar-refractivity contribution is -0.118. The molecule has 0 atom stereocenters. The van der Waals surface area contributed by atoms with E-state index in [0.29, 0.717) is 17.1 Å². The van der Waals surface area contributed by atoms with Crippen molar-refractivity contribution in [2.24, 2.45) is 0 Å². The number of anilines is 1. The number of pyridine rings is 1. The summed E-state index contributed by atoms with van der Waals surface area (Å²) in [6.45, 7) is 1.93. The Labute approximate surface area is 152 Å². The highest BCUT2D eigenvalue weighted by Crippen LogP contribution is 2.13. The van der Waals surface area contributed by atoms with Gasteiger partial charge in [0.15, 0.2) is 6.61 Å². The lowest BCUT2D eigenvalue weighted by atomic mass is 10.2. The molecule has 0 radical (unpaired) electrons. The molecule has 0 aliphatic carbocycles. The van der Waals surface area contributed by atoms with Crippen molar-refractivity contribution in [2.75, 3.05) is 11.9 Å². The van der Waals surface area contributed by atoms with Gasteiger partial charge in [0.2, 0.25) is 0 Å². The Morgan fingerprint density at radius 1 is 1.04 bits per heavy atom. The molecular formula is C22H18N2O2. The third-order valence-electron chi connectivity index (χ3n) is 3.51. The number of benzene rings is 2. The van der Waals surface area contributed by atoms with Gasteiger partial charge in [0.1, 0.15) is 11.4 Å². The fraction of sp³-hybridized carbons (Fsp3) is 0.0909. The molecule has 0 aliphatic heterocycles. The molecular weight excluding hydrogens is 324 g/mol. The summed E-state index contributed by atoms with van der Waals surface area (Å²) in [4.78, 5) is 16.2. The van der Waals surface area contributed by atoms with Crippen LogP contribution in [0.3, 0.4) is 0 Å². The Hall–Kier alpha value is -3.58. The van der Waals surface area contributed by atoms with Gasteiger partial charge in [-0.15, -0.1) is 0 Å². The van der Waals surface area contributed by atoms with Gasteiger partial charge in [-0.1, -0.05) is 30.2 Å². The van der Waals surface area contributed by atoms with Crippen molar-refractivity contribution in [1.82, 2.24) is 4.98 Å². The fourth-order valence-corrected chi connectivity index (χ4v) is 2.30. The second kappa shape index (κ2) is 8.50. The van der Waals surface area contributed by atoms with Crippen LogP contribution in [0, 0.1) is 18.8 Å².